The summed E-state index contributed by atoms with van der Waals surface area (Å²) in [6.45, 7) is 0. The Labute approximate surface area is 83.7 Å². The summed E-state index contributed by atoms with van der Waals surface area (Å²) in [4.78, 5) is 11.1. The molecule has 2 nitrogen and oxygen atoms in total. The summed E-state index contributed by atoms with van der Waals surface area (Å²) in [7, 11) is 0. The highest BCUT2D eigenvalue weighted by atomic mass is 35.5. The molecule has 0 amide bonds. The topological polar surface area (TPSA) is 37.3 Å². The van der Waals surface area contributed by atoms with E-state index in [1.165, 1.54) is 23.9 Å². The molecule has 1 N–H and O–H groups in total. The average molecular weight is 221 g/mol. The number of carboxylic acids is 1. The van der Waals surface area contributed by atoms with Crippen molar-refractivity contribution in [1.29, 1.82) is 0 Å². The molecule has 13 heavy (non-hydrogen) atoms. The molecule has 0 atom stereocenters. The van der Waals surface area contributed by atoms with E-state index in [1.807, 2.05) is 0 Å². The largest absolute Gasteiger partial charge is 0.478 e. The van der Waals surface area contributed by atoms with Crippen LogP contribution < -0.4 is 0 Å². The molecular weight excluding hydrogens is 215 g/mol. The summed E-state index contributed by atoms with van der Waals surface area (Å²) in [5.41, 5.74) is -0.203. The molecule has 5 heteroatoms. The molecule has 0 bridgehead atoms. The van der Waals surface area contributed by atoms with Crippen LogP contribution in [0, 0.1) is 5.82 Å². The Morgan fingerprint density at radius 1 is 1.62 bits per heavy atom. The fraction of sp³-hybridized carbons (Fsp3) is 0.125. The number of benzene rings is 1. The van der Waals surface area contributed by atoms with Crippen molar-refractivity contribution >= 4 is 29.3 Å². The smallest absolute Gasteiger partial charge is 0.337 e. The van der Waals surface area contributed by atoms with Crippen molar-refractivity contribution in [2.45, 2.75) is 4.90 Å². The number of hydrogen-bond acceptors (Lipinski definition) is 2. The van der Waals surface area contributed by atoms with Crippen LogP contribution >= 0.6 is 23.4 Å². The maximum atomic E-state index is 13.0. The molecule has 0 spiro atoms. The van der Waals surface area contributed by atoms with Gasteiger partial charge in [-0.1, -0.05) is 11.6 Å². The quantitative estimate of drug-likeness (QED) is 0.779. The summed E-state index contributed by atoms with van der Waals surface area (Å²) in [5, 5.41) is 8.31. The van der Waals surface area contributed by atoms with E-state index in [4.69, 9.17) is 16.7 Å². The second kappa shape index (κ2) is 3.98. The molecule has 0 fully saturated rings. The van der Waals surface area contributed by atoms with Gasteiger partial charge >= 0.3 is 5.97 Å². The normalized spacial score (nSPS) is 10.1. The fourth-order valence-corrected chi connectivity index (χ4v) is 1.48. The standard InChI is InChI=1S/C8H6ClFO2S/c1-13-4-2-5(8(11)12)7(9)6(10)3-4/h2-3H,1H3,(H,11,12). The van der Waals surface area contributed by atoms with E-state index in [-0.39, 0.29) is 10.6 Å². The Kier molecular flexibility index (Phi) is 3.17. The van der Waals surface area contributed by atoms with Crippen LogP contribution in [0.3, 0.4) is 0 Å². The van der Waals surface area contributed by atoms with Crippen LogP contribution in [0.4, 0.5) is 4.39 Å². The van der Waals surface area contributed by atoms with E-state index in [2.05, 4.69) is 0 Å². The molecule has 70 valence electrons. The van der Waals surface area contributed by atoms with E-state index in [0.717, 1.165) is 0 Å². The van der Waals surface area contributed by atoms with Gasteiger partial charge in [-0.3, -0.25) is 0 Å². The zero-order valence-electron chi connectivity index (χ0n) is 6.67. The van der Waals surface area contributed by atoms with Crippen molar-refractivity contribution in [2.24, 2.45) is 0 Å². The molecule has 0 saturated carbocycles. The van der Waals surface area contributed by atoms with Gasteiger partial charge in [0.25, 0.3) is 0 Å². The monoisotopic (exact) mass is 220 g/mol. The first-order valence-corrected chi connectivity index (χ1v) is 4.93. The van der Waals surface area contributed by atoms with Gasteiger partial charge < -0.3 is 5.11 Å². The van der Waals surface area contributed by atoms with Gasteiger partial charge in [0, 0.05) is 4.90 Å². The summed E-state index contributed by atoms with van der Waals surface area (Å²) in [5.74, 6) is -1.93. The van der Waals surface area contributed by atoms with Gasteiger partial charge in [-0.15, -0.1) is 11.8 Å². The second-order valence-corrected chi connectivity index (χ2v) is 3.53. The van der Waals surface area contributed by atoms with Crippen LogP contribution in [0.2, 0.25) is 5.02 Å². The molecule has 1 rings (SSSR count). The SMILES string of the molecule is CSc1cc(F)c(Cl)c(C(=O)O)c1. The van der Waals surface area contributed by atoms with Crippen molar-refractivity contribution in [3.05, 3.63) is 28.5 Å². The Bertz CT molecular complexity index is 354. The maximum Gasteiger partial charge on any atom is 0.337 e. The minimum absolute atomic E-state index is 0.203. The fourth-order valence-electron chi connectivity index (χ4n) is 0.838. The highest BCUT2D eigenvalue weighted by Crippen LogP contribution is 2.26. The zero-order valence-corrected chi connectivity index (χ0v) is 8.25. The number of halogens is 2. The number of thioether (sulfide) groups is 1. The predicted molar refractivity (Wildman–Crippen MR) is 50.2 cm³/mol. The Morgan fingerprint density at radius 2 is 2.23 bits per heavy atom. The molecule has 0 radical (unpaired) electrons. The maximum absolute atomic E-state index is 13.0. The lowest BCUT2D eigenvalue weighted by Crippen LogP contribution is -1.99. The van der Waals surface area contributed by atoms with Gasteiger partial charge in [0.05, 0.1) is 10.6 Å². The Balaban J connectivity index is 3.33. The molecule has 1 aromatic rings. The highest BCUT2D eigenvalue weighted by molar-refractivity contribution is 7.98. The van der Waals surface area contributed by atoms with Crippen LogP contribution in [0.5, 0.6) is 0 Å². The lowest BCUT2D eigenvalue weighted by atomic mass is 10.2. The second-order valence-electron chi connectivity index (χ2n) is 2.28. The van der Waals surface area contributed by atoms with E-state index in [9.17, 15) is 9.18 Å². The van der Waals surface area contributed by atoms with Crippen LogP contribution in [-0.2, 0) is 0 Å². The molecule has 0 aromatic heterocycles. The molecule has 0 unspecified atom stereocenters. The number of hydrogen-bond donors (Lipinski definition) is 1. The van der Waals surface area contributed by atoms with Crippen molar-refractivity contribution in [2.75, 3.05) is 6.26 Å². The molecule has 0 heterocycles. The van der Waals surface area contributed by atoms with Crippen LogP contribution in [0.25, 0.3) is 0 Å². The van der Waals surface area contributed by atoms with Crippen molar-refractivity contribution in [3.63, 3.8) is 0 Å². The first-order chi connectivity index (χ1) is 6.06. The Morgan fingerprint density at radius 3 is 2.69 bits per heavy atom. The van der Waals surface area contributed by atoms with Gasteiger partial charge in [0.1, 0.15) is 5.82 Å². The first kappa shape index (κ1) is 10.3. The molecule has 0 saturated heterocycles. The van der Waals surface area contributed by atoms with Gasteiger partial charge in [-0.2, -0.15) is 0 Å². The van der Waals surface area contributed by atoms with E-state index < -0.39 is 11.8 Å². The summed E-state index contributed by atoms with van der Waals surface area (Å²) in [6.07, 6.45) is 1.73. The molecular formula is C8H6ClFO2S. The van der Waals surface area contributed by atoms with E-state index in [1.54, 1.807) is 6.26 Å². The predicted octanol–water partition coefficient (Wildman–Crippen LogP) is 2.90. The van der Waals surface area contributed by atoms with Gasteiger partial charge in [0.2, 0.25) is 0 Å². The third-order valence-electron chi connectivity index (χ3n) is 1.47. The summed E-state index contributed by atoms with van der Waals surface area (Å²) >= 11 is 6.71. The lowest BCUT2D eigenvalue weighted by molar-refractivity contribution is 0.0696. The van der Waals surface area contributed by atoms with E-state index >= 15 is 0 Å². The third-order valence-corrected chi connectivity index (χ3v) is 2.56. The van der Waals surface area contributed by atoms with Crippen LogP contribution in [-0.4, -0.2) is 17.3 Å². The van der Waals surface area contributed by atoms with Crippen LogP contribution in [0.15, 0.2) is 17.0 Å². The van der Waals surface area contributed by atoms with Crippen molar-refractivity contribution in [3.8, 4) is 0 Å². The summed E-state index contributed by atoms with van der Waals surface area (Å²) < 4.78 is 13.0. The molecule has 0 aliphatic heterocycles. The third kappa shape index (κ3) is 2.14. The first-order valence-electron chi connectivity index (χ1n) is 3.32. The number of carboxylic acid groups (broad SMARTS) is 1. The van der Waals surface area contributed by atoms with Gasteiger partial charge in [-0.25, -0.2) is 9.18 Å². The molecule has 1 aromatic carbocycles. The van der Waals surface area contributed by atoms with E-state index in [0.29, 0.717) is 4.90 Å². The van der Waals surface area contributed by atoms with Crippen molar-refractivity contribution < 1.29 is 14.3 Å². The van der Waals surface area contributed by atoms with Crippen LogP contribution in [0.1, 0.15) is 10.4 Å². The number of aromatic carboxylic acids is 1. The molecule has 0 aliphatic rings. The van der Waals surface area contributed by atoms with Gasteiger partial charge in [-0.05, 0) is 18.4 Å². The minimum atomic E-state index is -1.22. The summed E-state index contributed by atoms with van der Waals surface area (Å²) in [6, 6.07) is 2.55. The average Bonchev–Trinajstić information content (AvgIpc) is 2.09. The number of carbonyl (C=O) groups is 1. The van der Waals surface area contributed by atoms with Gasteiger partial charge in [0.15, 0.2) is 0 Å². The lowest BCUT2D eigenvalue weighted by Gasteiger charge is -2.02. The number of rotatable bonds is 2. The Hall–Kier alpha value is -0.740. The molecule has 0 aliphatic carbocycles. The zero-order chi connectivity index (χ0) is 10.0. The van der Waals surface area contributed by atoms with Crippen molar-refractivity contribution in [1.82, 2.24) is 0 Å². The highest BCUT2D eigenvalue weighted by Gasteiger charge is 2.14. The minimum Gasteiger partial charge on any atom is -0.478 e.